The smallest absolute Gasteiger partial charge is 0.264 e. The van der Waals surface area contributed by atoms with E-state index in [0.29, 0.717) is 43.5 Å². The van der Waals surface area contributed by atoms with Crippen LogP contribution < -0.4 is 11.1 Å². The average Bonchev–Trinajstić information content (AvgIpc) is 2.73. The van der Waals surface area contributed by atoms with Crippen LogP contribution in [-0.2, 0) is 11.2 Å². The number of piperidine rings is 1. The number of carbonyl (C=O) groups excluding carboxylic acids is 1. The maximum Gasteiger partial charge on any atom is 0.264 e. The van der Waals surface area contributed by atoms with Crippen molar-refractivity contribution in [3.63, 3.8) is 0 Å². The lowest BCUT2D eigenvalue weighted by Gasteiger charge is -2.47. The molecule has 2 aromatic rings. The number of rotatable bonds is 6. The summed E-state index contributed by atoms with van der Waals surface area (Å²) >= 11 is 0. The second-order valence-electron chi connectivity index (χ2n) is 9.10. The van der Waals surface area contributed by atoms with Gasteiger partial charge in [-0.3, -0.25) is 14.4 Å². The van der Waals surface area contributed by atoms with E-state index in [1.54, 1.807) is 12.1 Å². The minimum absolute atomic E-state index is 0.0832. The molecule has 2 aliphatic heterocycles. The van der Waals surface area contributed by atoms with Gasteiger partial charge in [-0.15, -0.1) is 0 Å². The molecule has 4 rings (SSSR count). The third-order valence-electron chi connectivity index (χ3n) is 6.52. The molecule has 1 fully saturated rings. The second kappa shape index (κ2) is 8.58. The summed E-state index contributed by atoms with van der Waals surface area (Å²) in [6.45, 7) is 5.79. The van der Waals surface area contributed by atoms with Gasteiger partial charge in [0.2, 0.25) is 5.91 Å². The van der Waals surface area contributed by atoms with E-state index in [0.717, 1.165) is 25.0 Å². The topological polar surface area (TPSA) is 88.1 Å². The number of hydrogen-bond donors (Lipinski definition) is 1. The molecule has 0 aromatic carbocycles. The Labute approximate surface area is 176 Å². The number of aryl methyl sites for hydroxylation is 1. The quantitative estimate of drug-likeness (QED) is 0.792. The maximum absolute atomic E-state index is 13.0. The molecule has 0 radical (unpaired) electrons. The average molecular weight is 411 g/mol. The molecule has 4 heterocycles. The Hall–Kier alpha value is -2.70. The minimum atomic E-state index is -0.240. The Morgan fingerprint density at radius 1 is 1.20 bits per heavy atom. The molecule has 0 spiro atoms. The molecular formula is C23H30N4O3. The predicted molar refractivity (Wildman–Crippen MR) is 114 cm³/mol. The number of hydrogen-bond acceptors (Lipinski definition) is 4. The van der Waals surface area contributed by atoms with Crippen molar-refractivity contribution in [2.75, 3.05) is 13.1 Å². The number of amides is 1. The Morgan fingerprint density at radius 3 is 2.77 bits per heavy atom. The van der Waals surface area contributed by atoms with E-state index in [1.165, 1.54) is 6.07 Å². The highest BCUT2D eigenvalue weighted by atomic mass is 16.2. The van der Waals surface area contributed by atoms with Crippen molar-refractivity contribution < 1.29 is 4.79 Å². The fraction of sp³-hybridized carbons (Fsp3) is 0.565. The summed E-state index contributed by atoms with van der Waals surface area (Å²) in [5, 5.41) is 6.42. The molecule has 30 heavy (non-hydrogen) atoms. The summed E-state index contributed by atoms with van der Waals surface area (Å²) in [4.78, 5) is 38.8. The highest BCUT2D eigenvalue weighted by Crippen LogP contribution is 2.43. The normalized spacial score (nSPS) is 22.8. The number of H-pyrrole nitrogens is 1. The minimum Gasteiger partial charge on any atom is -0.342 e. The molecule has 2 aromatic heterocycles. The van der Waals surface area contributed by atoms with Crippen LogP contribution in [0.4, 0.5) is 0 Å². The van der Waals surface area contributed by atoms with Gasteiger partial charge >= 0.3 is 0 Å². The maximum atomic E-state index is 13.0. The molecule has 7 heteroatoms. The monoisotopic (exact) mass is 410 g/mol. The number of pyridine rings is 1. The number of nitrogens with one attached hydrogen (secondary N) is 1. The lowest BCUT2D eigenvalue weighted by molar-refractivity contribution is -0.134. The molecule has 2 bridgehead atoms. The largest absolute Gasteiger partial charge is 0.342 e. The van der Waals surface area contributed by atoms with Gasteiger partial charge in [0.15, 0.2) is 0 Å². The van der Waals surface area contributed by atoms with E-state index in [1.807, 2.05) is 15.5 Å². The van der Waals surface area contributed by atoms with E-state index in [2.05, 4.69) is 30.1 Å². The van der Waals surface area contributed by atoms with Crippen LogP contribution in [-0.4, -0.2) is 38.7 Å². The fourth-order valence-corrected chi connectivity index (χ4v) is 5.02. The van der Waals surface area contributed by atoms with Gasteiger partial charge in [-0.05, 0) is 43.2 Å². The molecule has 0 unspecified atom stereocenters. The molecule has 1 amide bonds. The Bertz CT molecular complexity index is 1010. The molecule has 0 saturated carbocycles. The van der Waals surface area contributed by atoms with Crippen molar-refractivity contribution in [2.45, 2.75) is 57.9 Å². The van der Waals surface area contributed by atoms with Gasteiger partial charge in [0, 0.05) is 55.7 Å². The molecule has 160 valence electrons. The lowest BCUT2D eigenvalue weighted by Crippen LogP contribution is -2.51. The standard InChI is InChI=1S/C23H30N4O3/c1-15(2)6-9-20-17-12-16(19-4-3-5-23(30)27(19)20)13-26(14-17)22(29)11-8-18-7-10-21(28)25-24-18/h3-5,7,10,15-17,20H,6,8-9,11-14H2,1-2H3,(H,25,28)/t16-,17+,20+/m1/s1. The zero-order chi connectivity index (χ0) is 21.3. The van der Waals surface area contributed by atoms with Crippen molar-refractivity contribution >= 4 is 5.91 Å². The molecule has 2 aliphatic rings. The summed E-state index contributed by atoms with van der Waals surface area (Å²) in [5.74, 6) is 1.22. The first-order chi connectivity index (χ1) is 14.4. The lowest BCUT2D eigenvalue weighted by atomic mass is 9.76. The first-order valence-corrected chi connectivity index (χ1v) is 11.0. The van der Waals surface area contributed by atoms with Gasteiger partial charge in [-0.2, -0.15) is 5.10 Å². The van der Waals surface area contributed by atoms with Gasteiger partial charge in [-0.1, -0.05) is 19.9 Å². The number of carbonyl (C=O) groups is 1. The van der Waals surface area contributed by atoms with Gasteiger partial charge in [-0.25, -0.2) is 5.10 Å². The molecule has 0 aliphatic carbocycles. The zero-order valence-corrected chi connectivity index (χ0v) is 17.7. The third-order valence-corrected chi connectivity index (χ3v) is 6.52. The van der Waals surface area contributed by atoms with Crippen LogP contribution in [0.5, 0.6) is 0 Å². The third kappa shape index (κ3) is 4.25. The summed E-state index contributed by atoms with van der Waals surface area (Å²) in [5.41, 5.74) is 1.63. The van der Waals surface area contributed by atoms with Gasteiger partial charge in [0.25, 0.3) is 11.1 Å². The molecule has 3 atom stereocenters. The fourth-order valence-electron chi connectivity index (χ4n) is 5.02. The molecule has 7 nitrogen and oxygen atoms in total. The van der Waals surface area contributed by atoms with Crippen molar-refractivity contribution in [1.29, 1.82) is 0 Å². The van der Waals surface area contributed by atoms with Crippen molar-refractivity contribution in [3.05, 3.63) is 62.4 Å². The zero-order valence-electron chi connectivity index (χ0n) is 17.7. The van der Waals surface area contributed by atoms with Crippen molar-refractivity contribution in [1.82, 2.24) is 19.7 Å². The highest BCUT2D eigenvalue weighted by molar-refractivity contribution is 5.76. The van der Waals surface area contributed by atoms with Crippen LogP contribution >= 0.6 is 0 Å². The van der Waals surface area contributed by atoms with Crippen LogP contribution in [0.25, 0.3) is 0 Å². The molecule has 1 N–H and O–H groups in total. The molecule has 1 saturated heterocycles. The number of aromatic nitrogens is 3. The summed E-state index contributed by atoms with van der Waals surface area (Å²) in [7, 11) is 0. The van der Waals surface area contributed by atoms with E-state index < -0.39 is 0 Å². The van der Waals surface area contributed by atoms with E-state index in [9.17, 15) is 14.4 Å². The first-order valence-electron chi connectivity index (χ1n) is 11.0. The number of likely N-dealkylation sites (tertiary alicyclic amines) is 1. The number of fused-ring (bicyclic) bond motifs is 4. The summed E-state index contributed by atoms with van der Waals surface area (Å²) in [6.07, 6.45) is 3.95. The van der Waals surface area contributed by atoms with E-state index in [4.69, 9.17) is 0 Å². The van der Waals surface area contributed by atoms with Crippen molar-refractivity contribution in [3.8, 4) is 0 Å². The Balaban J connectivity index is 1.51. The second-order valence-corrected chi connectivity index (χ2v) is 9.10. The SMILES string of the molecule is CC(C)CC[C@H]1[C@H]2C[C@H](CN(C(=O)CCc3ccc(=O)[nH]n3)C2)c2cccc(=O)n21. The van der Waals surface area contributed by atoms with Crippen LogP contribution in [0.15, 0.2) is 39.9 Å². The first kappa shape index (κ1) is 20.6. The Morgan fingerprint density at radius 2 is 2.03 bits per heavy atom. The number of aromatic amines is 1. The van der Waals surface area contributed by atoms with Crippen LogP contribution in [0.1, 0.15) is 62.9 Å². The summed E-state index contributed by atoms with van der Waals surface area (Å²) < 4.78 is 2.02. The van der Waals surface area contributed by atoms with Gasteiger partial charge < -0.3 is 9.47 Å². The van der Waals surface area contributed by atoms with Gasteiger partial charge in [0.1, 0.15) is 0 Å². The predicted octanol–water partition coefficient (Wildman–Crippen LogP) is 2.49. The van der Waals surface area contributed by atoms with Crippen LogP contribution in [0.2, 0.25) is 0 Å². The van der Waals surface area contributed by atoms with E-state index >= 15 is 0 Å². The van der Waals surface area contributed by atoms with Crippen molar-refractivity contribution in [2.24, 2.45) is 11.8 Å². The Kier molecular flexibility index (Phi) is 5.88. The van der Waals surface area contributed by atoms with Crippen LogP contribution in [0.3, 0.4) is 0 Å². The van der Waals surface area contributed by atoms with Crippen LogP contribution in [0, 0.1) is 11.8 Å². The molecular weight excluding hydrogens is 380 g/mol. The number of nitrogens with zero attached hydrogens (tertiary/aromatic N) is 3. The van der Waals surface area contributed by atoms with Gasteiger partial charge in [0.05, 0.1) is 5.69 Å². The summed E-state index contributed by atoms with van der Waals surface area (Å²) in [6, 6.07) is 8.82. The van der Waals surface area contributed by atoms with E-state index in [-0.39, 0.29) is 29.0 Å². The highest BCUT2D eigenvalue weighted by Gasteiger charge is 2.41.